The van der Waals surface area contributed by atoms with Crippen LogP contribution in [0.15, 0.2) is 66.7 Å². The van der Waals surface area contributed by atoms with Gasteiger partial charge in [0.05, 0.1) is 11.4 Å². The highest BCUT2D eigenvalue weighted by Crippen LogP contribution is 2.23. The molecule has 0 fully saturated rings. The summed E-state index contributed by atoms with van der Waals surface area (Å²) in [5, 5.41) is 11.6. The average Bonchev–Trinajstić information content (AvgIpc) is 2.78. The lowest BCUT2D eigenvalue weighted by molar-refractivity contribution is 0.205. The van der Waals surface area contributed by atoms with Crippen molar-refractivity contribution in [2.75, 3.05) is 10.6 Å². The van der Waals surface area contributed by atoms with Gasteiger partial charge < -0.3 is 20.1 Å². The molecule has 0 aromatic heterocycles. The Labute approximate surface area is 221 Å². The molecular weight excluding hydrogens is 531 g/mol. The predicted molar refractivity (Wildman–Crippen MR) is 145 cm³/mol. The summed E-state index contributed by atoms with van der Waals surface area (Å²) in [4.78, 5) is 24.2. The highest BCUT2D eigenvalue weighted by atomic mass is 35.5. The molecule has 0 atom stereocenters. The Morgan fingerprint density at radius 1 is 0.686 bits per heavy atom. The first-order chi connectivity index (χ1) is 16.7. The van der Waals surface area contributed by atoms with Crippen LogP contribution in [0.4, 0.5) is 21.0 Å². The van der Waals surface area contributed by atoms with E-state index in [-0.39, 0.29) is 10.2 Å². The molecule has 3 rings (SSSR count). The number of hydrogen-bond donors (Lipinski definition) is 4. The van der Waals surface area contributed by atoms with Gasteiger partial charge in [-0.3, -0.25) is 10.6 Å². The number of nitrogens with one attached hydrogen (secondary N) is 4. The molecule has 2 amide bonds. The van der Waals surface area contributed by atoms with Gasteiger partial charge in [0.15, 0.2) is 10.2 Å². The fourth-order valence-corrected chi connectivity index (χ4v) is 3.27. The summed E-state index contributed by atoms with van der Waals surface area (Å²) in [5.74, 6) is 0.601. The molecule has 0 aliphatic rings. The number of rotatable bonds is 4. The Morgan fingerprint density at radius 3 is 1.57 bits per heavy atom. The zero-order valence-corrected chi connectivity index (χ0v) is 21.2. The first kappa shape index (κ1) is 26.2. The maximum absolute atomic E-state index is 12.1. The topological polar surface area (TPSA) is 101 Å². The van der Waals surface area contributed by atoms with E-state index in [0.29, 0.717) is 32.9 Å². The van der Waals surface area contributed by atoms with E-state index in [1.165, 1.54) is 0 Å². The minimum Gasteiger partial charge on any atom is -0.410 e. The molecule has 12 heteroatoms. The Bertz CT molecular complexity index is 1260. The summed E-state index contributed by atoms with van der Waals surface area (Å²) in [6.07, 6.45) is -1.57. The van der Waals surface area contributed by atoms with Crippen molar-refractivity contribution in [2.45, 2.75) is 6.92 Å². The minimum absolute atomic E-state index is 0.0151. The molecule has 0 aliphatic carbocycles. The van der Waals surface area contributed by atoms with E-state index in [4.69, 9.17) is 57.1 Å². The van der Waals surface area contributed by atoms with Crippen molar-refractivity contribution in [3.8, 4) is 11.5 Å². The Morgan fingerprint density at radius 2 is 1.11 bits per heavy atom. The van der Waals surface area contributed by atoms with E-state index in [0.717, 1.165) is 5.56 Å². The molecule has 0 saturated heterocycles. The normalized spacial score (nSPS) is 10.0. The third kappa shape index (κ3) is 8.69. The van der Waals surface area contributed by atoms with E-state index in [9.17, 15) is 9.59 Å². The van der Waals surface area contributed by atoms with Gasteiger partial charge in [0.25, 0.3) is 0 Å². The monoisotopic (exact) mass is 548 g/mol. The molecule has 0 aliphatic heterocycles. The summed E-state index contributed by atoms with van der Waals surface area (Å²) in [7, 11) is 0. The molecule has 0 bridgehead atoms. The Hall–Kier alpha value is -3.44. The van der Waals surface area contributed by atoms with Gasteiger partial charge in [-0.05, 0) is 97.6 Å². The highest BCUT2D eigenvalue weighted by molar-refractivity contribution is 7.80. The smallest absolute Gasteiger partial charge is 0.410 e. The predicted octanol–water partition coefficient (Wildman–Crippen LogP) is 6.27. The van der Waals surface area contributed by atoms with Gasteiger partial charge in [0.1, 0.15) is 11.5 Å². The molecule has 0 saturated carbocycles. The zero-order valence-electron chi connectivity index (χ0n) is 18.1. The summed E-state index contributed by atoms with van der Waals surface area (Å²) >= 11 is 22.1. The zero-order chi connectivity index (χ0) is 25.4. The van der Waals surface area contributed by atoms with Crippen LogP contribution in [0.3, 0.4) is 0 Å². The van der Waals surface area contributed by atoms with E-state index < -0.39 is 12.2 Å². The molecule has 0 heterocycles. The van der Waals surface area contributed by atoms with E-state index in [1.54, 1.807) is 60.7 Å². The van der Waals surface area contributed by atoms with Crippen molar-refractivity contribution in [2.24, 2.45) is 0 Å². The van der Waals surface area contributed by atoms with Gasteiger partial charge in [0, 0.05) is 10.0 Å². The summed E-state index contributed by atoms with van der Waals surface area (Å²) in [6, 6.07) is 17.9. The fraction of sp³-hybridized carbons (Fsp3) is 0.0435. The van der Waals surface area contributed by atoms with Crippen LogP contribution in [0.25, 0.3) is 0 Å². The first-order valence-electron chi connectivity index (χ1n) is 9.89. The average molecular weight is 549 g/mol. The van der Waals surface area contributed by atoms with Gasteiger partial charge in [-0.15, -0.1) is 0 Å². The van der Waals surface area contributed by atoms with Crippen LogP contribution in [0.2, 0.25) is 10.0 Å². The largest absolute Gasteiger partial charge is 0.418 e. The van der Waals surface area contributed by atoms with Crippen LogP contribution in [-0.2, 0) is 0 Å². The third-order valence-electron chi connectivity index (χ3n) is 4.15. The molecule has 35 heavy (non-hydrogen) atoms. The van der Waals surface area contributed by atoms with E-state index in [1.807, 2.05) is 13.0 Å². The number of halogens is 2. The van der Waals surface area contributed by atoms with Gasteiger partial charge in [0.2, 0.25) is 0 Å². The molecular formula is C23H18Cl2N4O4S2. The van der Waals surface area contributed by atoms with Crippen LogP contribution in [0.5, 0.6) is 11.5 Å². The van der Waals surface area contributed by atoms with Crippen LogP contribution in [-0.4, -0.2) is 22.4 Å². The Kier molecular flexibility index (Phi) is 9.21. The highest BCUT2D eigenvalue weighted by Gasteiger charge is 2.13. The number of aryl methyl sites for hydroxylation is 1. The second-order valence-electron chi connectivity index (χ2n) is 6.89. The van der Waals surface area contributed by atoms with Crippen molar-refractivity contribution < 1.29 is 19.1 Å². The van der Waals surface area contributed by atoms with Crippen molar-refractivity contribution in [3.05, 3.63) is 82.3 Å². The fourth-order valence-electron chi connectivity index (χ4n) is 2.63. The Balaban J connectivity index is 1.57. The summed E-state index contributed by atoms with van der Waals surface area (Å²) in [5.41, 5.74) is 1.89. The molecule has 0 spiro atoms. The van der Waals surface area contributed by atoms with Gasteiger partial charge in [-0.1, -0.05) is 29.3 Å². The van der Waals surface area contributed by atoms with E-state index >= 15 is 0 Å². The maximum atomic E-state index is 12.1. The lowest BCUT2D eigenvalue weighted by Crippen LogP contribution is -2.37. The van der Waals surface area contributed by atoms with Crippen LogP contribution < -0.4 is 30.7 Å². The number of benzene rings is 3. The number of anilines is 2. The van der Waals surface area contributed by atoms with Gasteiger partial charge >= 0.3 is 12.2 Å². The molecule has 180 valence electrons. The van der Waals surface area contributed by atoms with Crippen molar-refractivity contribution >= 4 is 81.4 Å². The summed E-state index contributed by atoms with van der Waals surface area (Å²) in [6.45, 7) is 1.88. The lowest BCUT2D eigenvalue weighted by atomic mass is 10.2. The quantitative estimate of drug-likeness (QED) is 0.283. The number of carbonyl (C=O) groups excluding carboxylic acids is 2. The van der Waals surface area contributed by atoms with Gasteiger partial charge in [-0.2, -0.15) is 0 Å². The maximum Gasteiger partial charge on any atom is 0.418 e. The van der Waals surface area contributed by atoms with Crippen molar-refractivity contribution in [1.29, 1.82) is 0 Å². The van der Waals surface area contributed by atoms with Crippen LogP contribution in [0.1, 0.15) is 5.56 Å². The molecule has 0 unspecified atom stereocenters. The van der Waals surface area contributed by atoms with Crippen molar-refractivity contribution in [1.82, 2.24) is 10.6 Å². The first-order valence-corrected chi connectivity index (χ1v) is 11.5. The molecule has 3 aromatic carbocycles. The minimum atomic E-state index is -0.784. The number of thiocarbonyl (C=S) groups is 2. The number of ether oxygens (including phenoxy) is 2. The third-order valence-corrected chi connectivity index (χ3v) is 5.06. The second kappa shape index (κ2) is 12.3. The van der Waals surface area contributed by atoms with Gasteiger partial charge in [-0.25, -0.2) is 9.59 Å². The molecule has 8 nitrogen and oxygen atoms in total. The number of hydrogen-bond acceptors (Lipinski definition) is 6. The number of amides is 2. The second-order valence-corrected chi connectivity index (χ2v) is 8.58. The summed E-state index contributed by atoms with van der Waals surface area (Å²) < 4.78 is 10.3. The molecule has 3 aromatic rings. The molecule has 4 N–H and O–H groups in total. The van der Waals surface area contributed by atoms with Crippen LogP contribution >= 0.6 is 47.6 Å². The lowest BCUT2D eigenvalue weighted by Gasteiger charge is -2.16. The van der Waals surface area contributed by atoms with E-state index in [2.05, 4.69) is 21.3 Å². The van der Waals surface area contributed by atoms with Crippen LogP contribution in [0, 0.1) is 6.92 Å². The van der Waals surface area contributed by atoms with Crippen molar-refractivity contribution in [3.63, 3.8) is 0 Å². The standard InChI is InChI=1S/C23H18Cl2N4O4S2/c1-13-2-11-18(26-20(34)28-22(30)32-16-7-3-14(24)4-8-16)19(12-13)27-21(35)29-23(31)33-17-9-5-15(25)6-10-17/h2-12H,1H3,(H2,26,28,30,34)(H2,27,29,31,35). The SMILES string of the molecule is Cc1ccc(NC(=S)NC(=O)Oc2ccc(Cl)cc2)c(NC(=S)NC(=O)Oc2ccc(Cl)cc2)c1. The number of carbonyl (C=O) groups is 2. The molecule has 0 radical (unpaired) electrons.